The van der Waals surface area contributed by atoms with Gasteiger partial charge in [-0.15, -0.1) is 11.6 Å². The number of halogens is 1. The molecule has 0 amide bonds. The van der Waals surface area contributed by atoms with E-state index < -0.39 is 15.3 Å². The zero-order valence-corrected chi connectivity index (χ0v) is 10.5. The van der Waals surface area contributed by atoms with Gasteiger partial charge in [0, 0.05) is 19.0 Å². The zero-order valence-electron chi connectivity index (χ0n) is 8.96. The van der Waals surface area contributed by atoms with Crippen LogP contribution in [0.4, 0.5) is 0 Å². The highest BCUT2D eigenvalue weighted by Gasteiger charge is 2.38. The van der Waals surface area contributed by atoms with Crippen LogP contribution in [0.1, 0.15) is 27.2 Å². The largest absolute Gasteiger partial charge is 0.217 e. The Hall–Kier alpha value is 0.200. The van der Waals surface area contributed by atoms with Gasteiger partial charge in [-0.2, -0.15) is 0 Å². The summed E-state index contributed by atoms with van der Waals surface area (Å²) in [7, 11) is -3.16. The van der Waals surface area contributed by atoms with Crippen molar-refractivity contribution in [2.45, 2.75) is 32.4 Å². The maximum Gasteiger partial charge on any atom is 0.217 e. The fourth-order valence-electron chi connectivity index (χ4n) is 1.61. The van der Waals surface area contributed by atoms with E-state index in [2.05, 4.69) is 13.8 Å². The maximum atomic E-state index is 11.9. The van der Waals surface area contributed by atoms with Crippen LogP contribution in [0, 0.1) is 5.41 Å². The van der Waals surface area contributed by atoms with E-state index >= 15 is 0 Å². The minimum atomic E-state index is -3.16. The highest BCUT2D eigenvalue weighted by atomic mass is 35.5. The molecule has 1 saturated heterocycles. The molecule has 0 spiro atoms. The molecule has 1 heterocycles. The summed E-state index contributed by atoms with van der Waals surface area (Å²) in [6.07, 6.45) is 0.932. The molecule has 1 rings (SSSR count). The Morgan fingerprint density at radius 1 is 1.50 bits per heavy atom. The minimum Gasteiger partial charge on any atom is -0.212 e. The first-order chi connectivity index (χ1) is 6.29. The molecule has 14 heavy (non-hydrogen) atoms. The van der Waals surface area contributed by atoms with E-state index in [0.29, 0.717) is 13.1 Å². The van der Waals surface area contributed by atoms with Gasteiger partial charge in [0.05, 0.1) is 5.25 Å². The van der Waals surface area contributed by atoms with Crippen molar-refractivity contribution >= 4 is 21.6 Å². The molecule has 0 saturated carbocycles. The molecule has 1 fully saturated rings. The lowest BCUT2D eigenvalue weighted by atomic mass is 9.93. The normalized spacial score (nSPS) is 25.1. The topological polar surface area (TPSA) is 37.4 Å². The monoisotopic (exact) mass is 239 g/mol. The number of alkyl halides is 1. The SMILES string of the molecule is CC(CCl)S(=O)(=O)N1CCC(C)(C)C1. The van der Waals surface area contributed by atoms with Gasteiger partial charge in [0.1, 0.15) is 0 Å². The number of sulfonamides is 1. The first-order valence-corrected chi connectivity index (χ1v) is 6.88. The van der Waals surface area contributed by atoms with Crippen molar-refractivity contribution in [3.63, 3.8) is 0 Å². The number of rotatable bonds is 3. The molecule has 0 aromatic heterocycles. The molecule has 84 valence electrons. The van der Waals surface area contributed by atoms with Crippen molar-refractivity contribution in [3.8, 4) is 0 Å². The molecule has 1 atom stereocenters. The van der Waals surface area contributed by atoms with Crippen LogP contribution in [0.3, 0.4) is 0 Å². The van der Waals surface area contributed by atoms with Crippen LogP contribution >= 0.6 is 11.6 Å². The Morgan fingerprint density at radius 2 is 2.07 bits per heavy atom. The van der Waals surface area contributed by atoms with Crippen LogP contribution in [-0.2, 0) is 10.0 Å². The summed E-state index contributed by atoms with van der Waals surface area (Å²) in [4.78, 5) is 0. The van der Waals surface area contributed by atoms with E-state index in [-0.39, 0.29) is 11.3 Å². The molecular formula is C9H18ClNO2S. The Labute approximate surface area is 91.5 Å². The second-order valence-electron chi connectivity index (χ2n) is 4.76. The first-order valence-electron chi connectivity index (χ1n) is 4.84. The lowest BCUT2D eigenvalue weighted by Crippen LogP contribution is -2.37. The van der Waals surface area contributed by atoms with Crippen LogP contribution in [0.5, 0.6) is 0 Å². The van der Waals surface area contributed by atoms with Crippen molar-refractivity contribution in [2.24, 2.45) is 5.41 Å². The minimum absolute atomic E-state index is 0.110. The Kier molecular flexibility index (Phi) is 3.49. The molecule has 0 aliphatic carbocycles. The molecule has 1 unspecified atom stereocenters. The lowest BCUT2D eigenvalue weighted by molar-refractivity contribution is 0.374. The average molecular weight is 240 g/mol. The third-order valence-corrected chi connectivity index (χ3v) is 5.59. The molecule has 1 aliphatic rings. The second kappa shape index (κ2) is 3.99. The maximum absolute atomic E-state index is 11.9. The van der Waals surface area contributed by atoms with E-state index in [9.17, 15) is 8.42 Å². The fraction of sp³-hybridized carbons (Fsp3) is 1.00. The Balaban J connectivity index is 2.77. The van der Waals surface area contributed by atoms with Crippen molar-refractivity contribution in [3.05, 3.63) is 0 Å². The average Bonchev–Trinajstić information content (AvgIpc) is 2.45. The summed E-state index contributed by atoms with van der Waals surface area (Å²) in [5.74, 6) is 0.166. The molecule has 0 aromatic rings. The fourth-order valence-corrected chi connectivity index (χ4v) is 3.64. The summed E-state index contributed by atoms with van der Waals surface area (Å²) >= 11 is 5.58. The predicted molar refractivity (Wildman–Crippen MR) is 59.1 cm³/mol. The molecule has 1 aliphatic heterocycles. The summed E-state index contributed by atoms with van der Waals surface area (Å²) < 4.78 is 25.4. The lowest BCUT2D eigenvalue weighted by Gasteiger charge is -2.22. The zero-order chi connectivity index (χ0) is 11.0. The number of nitrogens with zero attached hydrogens (tertiary/aromatic N) is 1. The van der Waals surface area contributed by atoms with Gasteiger partial charge < -0.3 is 0 Å². The van der Waals surface area contributed by atoms with Crippen LogP contribution in [-0.4, -0.2) is 36.9 Å². The Bertz CT molecular complexity index is 300. The van der Waals surface area contributed by atoms with Gasteiger partial charge in [-0.1, -0.05) is 13.8 Å². The third-order valence-electron chi connectivity index (χ3n) is 2.73. The molecule has 0 aromatic carbocycles. The molecule has 5 heteroatoms. The number of hydrogen-bond donors (Lipinski definition) is 0. The third kappa shape index (κ3) is 2.41. The van der Waals surface area contributed by atoms with Crippen LogP contribution in [0.25, 0.3) is 0 Å². The van der Waals surface area contributed by atoms with E-state index in [1.807, 2.05) is 0 Å². The summed E-state index contributed by atoms with van der Waals surface area (Å²) in [6, 6.07) is 0. The van der Waals surface area contributed by atoms with Gasteiger partial charge in [0.15, 0.2) is 0 Å². The molecule has 0 N–H and O–H groups in total. The molecule has 3 nitrogen and oxygen atoms in total. The smallest absolute Gasteiger partial charge is 0.212 e. The summed E-state index contributed by atoms with van der Waals surface area (Å²) in [5.41, 5.74) is 0.110. The van der Waals surface area contributed by atoms with Crippen LogP contribution in [0.15, 0.2) is 0 Å². The second-order valence-corrected chi connectivity index (χ2v) is 7.42. The standard InChI is InChI=1S/C9H18ClNO2S/c1-8(6-10)14(12,13)11-5-4-9(2,3)7-11/h8H,4-7H2,1-3H3. The van der Waals surface area contributed by atoms with Crippen molar-refractivity contribution in [2.75, 3.05) is 19.0 Å². The highest BCUT2D eigenvalue weighted by molar-refractivity contribution is 7.89. The van der Waals surface area contributed by atoms with Gasteiger partial charge >= 0.3 is 0 Å². The predicted octanol–water partition coefficient (Wildman–Crippen LogP) is 1.68. The quantitative estimate of drug-likeness (QED) is 0.703. The summed E-state index contributed by atoms with van der Waals surface area (Å²) in [6.45, 7) is 7.10. The van der Waals surface area contributed by atoms with Crippen molar-refractivity contribution in [1.29, 1.82) is 0 Å². The van der Waals surface area contributed by atoms with Crippen LogP contribution < -0.4 is 0 Å². The van der Waals surface area contributed by atoms with E-state index in [1.54, 1.807) is 11.2 Å². The molecule has 0 radical (unpaired) electrons. The van der Waals surface area contributed by atoms with E-state index in [0.717, 1.165) is 6.42 Å². The molecule has 0 bridgehead atoms. The van der Waals surface area contributed by atoms with Crippen molar-refractivity contribution in [1.82, 2.24) is 4.31 Å². The van der Waals surface area contributed by atoms with Crippen LogP contribution in [0.2, 0.25) is 0 Å². The molecular weight excluding hydrogens is 222 g/mol. The summed E-state index contributed by atoms with van der Waals surface area (Å²) in [5, 5.41) is -0.474. The van der Waals surface area contributed by atoms with Gasteiger partial charge in [0.2, 0.25) is 10.0 Å². The van der Waals surface area contributed by atoms with Gasteiger partial charge in [-0.05, 0) is 18.8 Å². The van der Waals surface area contributed by atoms with E-state index in [1.165, 1.54) is 0 Å². The van der Waals surface area contributed by atoms with Gasteiger partial charge in [-0.25, -0.2) is 12.7 Å². The number of hydrogen-bond acceptors (Lipinski definition) is 2. The van der Waals surface area contributed by atoms with Crippen molar-refractivity contribution < 1.29 is 8.42 Å². The first kappa shape index (κ1) is 12.3. The Morgan fingerprint density at radius 3 is 2.43 bits per heavy atom. The van der Waals surface area contributed by atoms with Gasteiger partial charge in [-0.3, -0.25) is 0 Å². The van der Waals surface area contributed by atoms with Gasteiger partial charge in [0.25, 0.3) is 0 Å². The van der Waals surface area contributed by atoms with E-state index in [4.69, 9.17) is 11.6 Å². The highest BCUT2D eigenvalue weighted by Crippen LogP contribution is 2.31.